The van der Waals surface area contributed by atoms with E-state index in [0.717, 1.165) is 48.2 Å². The lowest BCUT2D eigenvalue weighted by Gasteiger charge is -2.36. The minimum Gasteiger partial charge on any atom is -0.406 e. The SMILES string of the molecule is Cc1cc(N2CCC(N(C)C)CC2)nc2ccc(NC(=O)/C=C/c3ccc(OC(F)(F)F)cc3)cc12. The van der Waals surface area contributed by atoms with Crippen LogP contribution in [0.25, 0.3) is 17.0 Å². The number of carbonyl (C=O) groups is 1. The van der Waals surface area contributed by atoms with Crippen LogP contribution in [-0.2, 0) is 4.79 Å². The molecule has 2 aromatic carbocycles. The lowest BCUT2D eigenvalue weighted by molar-refractivity contribution is -0.274. The van der Waals surface area contributed by atoms with Crippen LogP contribution in [0, 0.1) is 6.92 Å². The molecule has 0 bridgehead atoms. The summed E-state index contributed by atoms with van der Waals surface area (Å²) in [5.74, 6) is 0.310. The van der Waals surface area contributed by atoms with Crippen LogP contribution in [0.4, 0.5) is 24.7 Å². The Morgan fingerprint density at radius 3 is 2.44 bits per heavy atom. The molecule has 36 heavy (non-hydrogen) atoms. The average Bonchev–Trinajstić information content (AvgIpc) is 2.83. The number of aryl methyl sites for hydroxylation is 1. The number of pyridine rings is 1. The van der Waals surface area contributed by atoms with Crippen molar-refractivity contribution in [3.05, 3.63) is 65.7 Å². The molecule has 190 valence electrons. The van der Waals surface area contributed by atoms with E-state index in [1.165, 1.54) is 36.4 Å². The molecule has 1 saturated heterocycles. The number of nitrogens with one attached hydrogen (secondary N) is 1. The highest BCUT2D eigenvalue weighted by atomic mass is 19.4. The number of hydrogen-bond acceptors (Lipinski definition) is 5. The van der Waals surface area contributed by atoms with Crippen LogP contribution in [-0.4, -0.2) is 55.4 Å². The maximum atomic E-state index is 12.4. The van der Waals surface area contributed by atoms with Crippen molar-refractivity contribution in [1.29, 1.82) is 0 Å². The van der Waals surface area contributed by atoms with Gasteiger partial charge >= 0.3 is 6.36 Å². The number of hydrogen-bond donors (Lipinski definition) is 1. The summed E-state index contributed by atoms with van der Waals surface area (Å²) >= 11 is 0. The van der Waals surface area contributed by atoms with Crippen LogP contribution in [0.3, 0.4) is 0 Å². The topological polar surface area (TPSA) is 57.7 Å². The van der Waals surface area contributed by atoms with Crippen molar-refractivity contribution in [2.45, 2.75) is 32.2 Å². The number of ether oxygens (including phenoxy) is 1. The van der Waals surface area contributed by atoms with E-state index in [-0.39, 0.29) is 11.7 Å². The summed E-state index contributed by atoms with van der Waals surface area (Å²) in [6.07, 6.45) is 0.322. The van der Waals surface area contributed by atoms with E-state index < -0.39 is 6.36 Å². The number of benzene rings is 2. The van der Waals surface area contributed by atoms with Gasteiger partial charge in [0.05, 0.1) is 5.52 Å². The molecule has 1 N–H and O–H groups in total. The van der Waals surface area contributed by atoms with Crippen LogP contribution in [0.2, 0.25) is 0 Å². The summed E-state index contributed by atoms with van der Waals surface area (Å²) in [5, 5.41) is 3.79. The molecule has 0 saturated carbocycles. The molecule has 0 radical (unpaired) electrons. The summed E-state index contributed by atoms with van der Waals surface area (Å²) in [4.78, 5) is 21.9. The third-order valence-electron chi connectivity index (χ3n) is 6.33. The number of carbonyl (C=O) groups excluding carboxylic acids is 1. The molecule has 2 heterocycles. The molecule has 6 nitrogen and oxygen atoms in total. The molecule has 0 atom stereocenters. The number of halogens is 3. The molecule has 1 aliphatic heterocycles. The smallest absolute Gasteiger partial charge is 0.406 e. The quantitative estimate of drug-likeness (QED) is 0.447. The number of aromatic nitrogens is 1. The van der Waals surface area contributed by atoms with Gasteiger partial charge in [0.25, 0.3) is 0 Å². The van der Waals surface area contributed by atoms with Gasteiger partial charge in [-0.1, -0.05) is 12.1 Å². The zero-order valence-electron chi connectivity index (χ0n) is 20.5. The first kappa shape index (κ1) is 25.5. The molecule has 1 aliphatic rings. The van der Waals surface area contributed by atoms with Crippen LogP contribution < -0.4 is 15.0 Å². The molecule has 3 aromatic rings. The van der Waals surface area contributed by atoms with Crippen LogP contribution in [0.5, 0.6) is 5.75 Å². The first-order chi connectivity index (χ1) is 17.1. The molecule has 1 aromatic heterocycles. The summed E-state index contributed by atoms with van der Waals surface area (Å²) in [5.41, 5.74) is 3.16. The van der Waals surface area contributed by atoms with E-state index in [2.05, 4.69) is 40.0 Å². The highest BCUT2D eigenvalue weighted by Crippen LogP contribution is 2.28. The third kappa shape index (κ3) is 6.54. The third-order valence-corrected chi connectivity index (χ3v) is 6.33. The Morgan fingerprint density at radius 1 is 1.11 bits per heavy atom. The van der Waals surface area contributed by atoms with E-state index in [4.69, 9.17) is 4.98 Å². The maximum absolute atomic E-state index is 12.4. The van der Waals surface area contributed by atoms with Crippen LogP contribution in [0.1, 0.15) is 24.0 Å². The minimum absolute atomic E-state index is 0.314. The van der Waals surface area contributed by atoms with Crippen LogP contribution >= 0.6 is 0 Å². The second-order valence-electron chi connectivity index (χ2n) is 9.15. The first-order valence-electron chi connectivity index (χ1n) is 11.7. The summed E-state index contributed by atoms with van der Waals surface area (Å²) in [6.45, 7) is 3.98. The number of rotatable bonds is 6. The molecule has 0 aliphatic carbocycles. The van der Waals surface area contributed by atoms with E-state index in [0.29, 0.717) is 17.3 Å². The van der Waals surface area contributed by atoms with Crippen LogP contribution in [0.15, 0.2) is 54.6 Å². The van der Waals surface area contributed by atoms with Gasteiger partial charge in [-0.2, -0.15) is 0 Å². The zero-order chi connectivity index (χ0) is 25.9. The van der Waals surface area contributed by atoms with Crippen molar-refractivity contribution in [1.82, 2.24) is 9.88 Å². The van der Waals surface area contributed by atoms with Gasteiger partial charge < -0.3 is 19.9 Å². The Labute approximate surface area is 208 Å². The normalized spacial score (nSPS) is 15.1. The van der Waals surface area contributed by atoms with Gasteiger partial charge in [-0.3, -0.25) is 4.79 Å². The molecule has 1 fully saturated rings. The number of alkyl halides is 3. The highest BCUT2D eigenvalue weighted by molar-refractivity contribution is 6.03. The maximum Gasteiger partial charge on any atom is 0.573 e. The molecule has 9 heteroatoms. The van der Waals surface area contributed by atoms with Crippen molar-refractivity contribution in [2.24, 2.45) is 0 Å². The highest BCUT2D eigenvalue weighted by Gasteiger charge is 2.30. The van der Waals surface area contributed by atoms with Crippen molar-refractivity contribution in [2.75, 3.05) is 37.4 Å². The van der Waals surface area contributed by atoms with Gasteiger partial charge in [-0.25, -0.2) is 4.98 Å². The summed E-state index contributed by atoms with van der Waals surface area (Å²) in [6, 6.07) is 13.6. The monoisotopic (exact) mass is 498 g/mol. The van der Waals surface area contributed by atoms with Crippen molar-refractivity contribution in [3.63, 3.8) is 0 Å². The molecular formula is C27H29F3N4O2. The number of fused-ring (bicyclic) bond motifs is 1. The van der Waals surface area contributed by atoms with E-state index in [1.54, 1.807) is 0 Å². The van der Waals surface area contributed by atoms with E-state index in [9.17, 15) is 18.0 Å². The van der Waals surface area contributed by atoms with Gasteiger partial charge in [-0.05, 0) is 87.5 Å². The summed E-state index contributed by atoms with van der Waals surface area (Å²) in [7, 11) is 4.25. The fraction of sp³-hybridized carbons (Fsp3) is 0.333. The predicted molar refractivity (Wildman–Crippen MR) is 136 cm³/mol. The zero-order valence-corrected chi connectivity index (χ0v) is 20.5. The van der Waals surface area contributed by atoms with Crippen molar-refractivity contribution >= 4 is 34.4 Å². The Morgan fingerprint density at radius 2 is 1.81 bits per heavy atom. The number of piperidine rings is 1. The molecule has 1 amide bonds. The van der Waals surface area contributed by atoms with Crippen molar-refractivity contribution < 1.29 is 22.7 Å². The van der Waals surface area contributed by atoms with Gasteiger partial charge in [0.15, 0.2) is 0 Å². The second-order valence-corrected chi connectivity index (χ2v) is 9.15. The Bertz CT molecular complexity index is 1250. The fourth-order valence-electron chi connectivity index (χ4n) is 4.36. The Hall–Kier alpha value is -3.59. The largest absolute Gasteiger partial charge is 0.573 e. The molecular weight excluding hydrogens is 469 g/mol. The Balaban J connectivity index is 1.40. The molecule has 0 spiro atoms. The van der Waals surface area contributed by atoms with E-state index >= 15 is 0 Å². The van der Waals surface area contributed by atoms with Gasteiger partial charge in [0, 0.05) is 36.3 Å². The van der Waals surface area contributed by atoms with Gasteiger partial charge in [-0.15, -0.1) is 13.2 Å². The lowest BCUT2D eigenvalue weighted by Crippen LogP contribution is -2.42. The average molecular weight is 499 g/mol. The second kappa shape index (κ2) is 10.6. The van der Waals surface area contributed by atoms with Gasteiger partial charge in [0.1, 0.15) is 11.6 Å². The molecule has 4 rings (SSSR count). The standard InChI is InChI=1S/C27H29F3N4O2/c1-18-16-25(34-14-12-21(13-15-34)33(2)3)32-24-10-7-20(17-23(18)24)31-26(35)11-6-19-4-8-22(9-5-19)36-27(28,29)30/h4-11,16-17,21H,12-15H2,1-3H3,(H,31,35)/b11-6+. The lowest BCUT2D eigenvalue weighted by atomic mass is 10.0. The summed E-state index contributed by atoms with van der Waals surface area (Å²) < 4.78 is 40.7. The number of anilines is 2. The van der Waals surface area contributed by atoms with Crippen molar-refractivity contribution in [3.8, 4) is 5.75 Å². The first-order valence-corrected chi connectivity index (χ1v) is 11.7. The Kier molecular flexibility index (Phi) is 7.49. The minimum atomic E-state index is -4.74. The molecule has 0 unspecified atom stereocenters. The van der Waals surface area contributed by atoms with E-state index in [1.807, 2.05) is 25.1 Å². The van der Waals surface area contributed by atoms with Gasteiger partial charge in [0.2, 0.25) is 5.91 Å². The number of nitrogens with zero attached hydrogens (tertiary/aromatic N) is 3. The number of amides is 1. The fourth-order valence-corrected chi connectivity index (χ4v) is 4.36. The predicted octanol–water partition coefficient (Wildman–Crippen LogP) is 5.62.